The molecule has 0 radical (unpaired) electrons. The number of esters is 1. The van der Waals surface area contributed by atoms with E-state index in [0.717, 1.165) is 0 Å². The van der Waals surface area contributed by atoms with Crippen molar-refractivity contribution in [3.8, 4) is 0 Å². The van der Waals surface area contributed by atoms with Gasteiger partial charge < -0.3 is 10.1 Å². The van der Waals surface area contributed by atoms with Gasteiger partial charge >= 0.3 is 5.97 Å². The largest absolute Gasteiger partial charge is 0.468 e. The van der Waals surface area contributed by atoms with Gasteiger partial charge in [-0.05, 0) is 13.8 Å². The van der Waals surface area contributed by atoms with Crippen LogP contribution in [0.5, 0.6) is 0 Å². The molecule has 0 aliphatic rings. The van der Waals surface area contributed by atoms with Crippen LogP contribution >= 0.6 is 0 Å². The molecule has 0 atom stereocenters. The Labute approximate surface area is 78.0 Å². The van der Waals surface area contributed by atoms with Gasteiger partial charge in [0.25, 0.3) is 0 Å². The van der Waals surface area contributed by atoms with Crippen molar-refractivity contribution in [3.63, 3.8) is 0 Å². The van der Waals surface area contributed by atoms with Gasteiger partial charge in [0.2, 0.25) is 5.91 Å². The number of nitrogens with one attached hydrogen (secondary N) is 1. The molecular formula is C9H15NO3. The molecule has 0 unspecified atom stereocenters. The smallest absolute Gasteiger partial charge is 0.325 e. The second-order valence-corrected chi connectivity index (χ2v) is 3.18. The SMILES string of the molecule is C=CC(C)(C)C(=O)NCC(=O)OC. The lowest BCUT2D eigenvalue weighted by Gasteiger charge is -2.18. The molecule has 1 N–H and O–H groups in total. The summed E-state index contributed by atoms with van der Waals surface area (Å²) in [5.74, 6) is -0.707. The first-order valence-corrected chi connectivity index (χ1v) is 3.92. The maximum Gasteiger partial charge on any atom is 0.325 e. The zero-order valence-corrected chi connectivity index (χ0v) is 8.22. The number of carbonyl (C=O) groups is 2. The molecule has 0 fully saturated rings. The molecule has 0 bridgehead atoms. The van der Waals surface area contributed by atoms with E-state index in [1.54, 1.807) is 13.8 Å². The van der Waals surface area contributed by atoms with E-state index in [1.165, 1.54) is 13.2 Å². The van der Waals surface area contributed by atoms with E-state index in [4.69, 9.17) is 0 Å². The van der Waals surface area contributed by atoms with Crippen molar-refractivity contribution >= 4 is 11.9 Å². The molecular weight excluding hydrogens is 170 g/mol. The third kappa shape index (κ3) is 3.73. The van der Waals surface area contributed by atoms with Gasteiger partial charge in [0.1, 0.15) is 6.54 Å². The molecule has 74 valence electrons. The fourth-order valence-corrected chi connectivity index (χ4v) is 0.545. The van der Waals surface area contributed by atoms with Gasteiger partial charge in [-0.3, -0.25) is 9.59 Å². The van der Waals surface area contributed by atoms with Crippen LogP contribution in [-0.2, 0) is 14.3 Å². The van der Waals surface area contributed by atoms with Crippen LogP contribution in [-0.4, -0.2) is 25.5 Å². The fraction of sp³-hybridized carbons (Fsp3) is 0.556. The minimum absolute atomic E-state index is 0.105. The predicted octanol–water partition coefficient (Wildman–Crippen LogP) is 0.488. The zero-order valence-electron chi connectivity index (χ0n) is 8.22. The van der Waals surface area contributed by atoms with E-state index in [0.29, 0.717) is 0 Å². The van der Waals surface area contributed by atoms with Crippen LogP contribution in [0.1, 0.15) is 13.8 Å². The van der Waals surface area contributed by atoms with Gasteiger partial charge in [-0.25, -0.2) is 0 Å². The molecule has 13 heavy (non-hydrogen) atoms. The summed E-state index contributed by atoms with van der Waals surface area (Å²) in [5, 5.41) is 2.44. The van der Waals surface area contributed by atoms with E-state index in [1.807, 2.05) is 0 Å². The summed E-state index contributed by atoms with van der Waals surface area (Å²) in [4.78, 5) is 22.0. The topological polar surface area (TPSA) is 55.4 Å². The molecule has 0 aliphatic heterocycles. The Morgan fingerprint density at radius 2 is 2.08 bits per heavy atom. The average molecular weight is 185 g/mol. The molecule has 0 heterocycles. The van der Waals surface area contributed by atoms with E-state index in [-0.39, 0.29) is 12.5 Å². The lowest BCUT2D eigenvalue weighted by Crippen LogP contribution is -2.38. The molecule has 0 spiro atoms. The third-order valence-electron chi connectivity index (χ3n) is 1.72. The summed E-state index contributed by atoms with van der Waals surface area (Å²) in [7, 11) is 1.27. The van der Waals surface area contributed by atoms with E-state index >= 15 is 0 Å². The number of hydrogen-bond acceptors (Lipinski definition) is 3. The number of rotatable bonds is 4. The predicted molar refractivity (Wildman–Crippen MR) is 49.0 cm³/mol. The summed E-state index contributed by atoms with van der Waals surface area (Å²) >= 11 is 0. The van der Waals surface area contributed by atoms with Crippen LogP contribution in [0.15, 0.2) is 12.7 Å². The normalized spacial score (nSPS) is 10.4. The molecule has 0 aromatic heterocycles. The Morgan fingerprint density at radius 3 is 2.46 bits per heavy atom. The monoisotopic (exact) mass is 185 g/mol. The van der Waals surface area contributed by atoms with Crippen LogP contribution in [0.25, 0.3) is 0 Å². The minimum atomic E-state index is -0.659. The van der Waals surface area contributed by atoms with Gasteiger partial charge in [-0.1, -0.05) is 6.08 Å². The molecule has 0 aromatic rings. The highest BCUT2D eigenvalue weighted by atomic mass is 16.5. The highest BCUT2D eigenvalue weighted by Gasteiger charge is 2.23. The Morgan fingerprint density at radius 1 is 1.54 bits per heavy atom. The Kier molecular flexibility index (Phi) is 4.17. The third-order valence-corrected chi connectivity index (χ3v) is 1.72. The molecule has 0 saturated heterocycles. The van der Waals surface area contributed by atoms with Gasteiger partial charge in [0.15, 0.2) is 0 Å². The minimum Gasteiger partial charge on any atom is -0.468 e. The number of carbonyl (C=O) groups excluding carboxylic acids is 2. The zero-order chi connectivity index (χ0) is 10.5. The first kappa shape index (κ1) is 11.7. The summed E-state index contributed by atoms with van der Waals surface area (Å²) in [6, 6.07) is 0. The maximum absolute atomic E-state index is 11.3. The highest BCUT2D eigenvalue weighted by molar-refractivity contribution is 5.86. The molecule has 0 aromatic carbocycles. The van der Waals surface area contributed by atoms with Crippen molar-refractivity contribution in [2.45, 2.75) is 13.8 Å². The molecule has 0 rings (SSSR count). The number of ether oxygens (including phenoxy) is 1. The number of amides is 1. The van der Waals surface area contributed by atoms with E-state index in [2.05, 4.69) is 16.6 Å². The lowest BCUT2D eigenvalue weighted by molar-refractivity contribution is -0.141. The average Bonchev–Trinajstić information content (AvgIpc) is 2.13. The fourth-order valence-electron chi connectivity index (χ4n) is 0.545. The van der Waals surface area contributed by atoms with Gasteiger partial charge in [0.05, 0.1) is 12.5 Å². The van der Waals surface area contributed by atoms with Gasteiger partial charge in [-0.15, -0.1) is 6.58 Å². The van der Waals surface area contributed by atoms with Gasteiger partial charge in [-0.2, -0.15) is 0 Å². The summed E-state index contributed by atoms with van der Waals surface area (Å²) < 4.78 is 4.37. The first-order valence-electron chi connectivity index (χ1n) is 3.92. The second kappa shape index (κ2) is 4.64. The van der Waals surface area contributed by atoms with Crippen molar-refractivity contribution in [2.75, 3.05) is 13.7 Å². The van der Waals surface area contributed by atoms with Crippen molar-refractivity contribution in [2.24, 2.45) is 5.41 Å². The maximum atomic E-state index is 11.3. The van der Waals surface area contributed by atoms with Crippen molar-refractivity contribution in [1.29, 1.82) is 0 Å². The van der Waals surface area contributed by atoms with E-state index in [9.17, 15) is 9.59 Å². The molecule has 1 amide bonds. The summed E-state index contributed by atoms with van der Waals surface area (Å²) in [5.41, 5.74) is -0.659. The van der Waals surface area contributed by atoms with Crippen LogP contribution in [0.3, 0.4) is 0 Å². The standard InChI is InChI=1S/C9H15NO3/c1-5-9(2,3)8(12)10-6-7(11)13-4/h5H,1,6H2,2-4H3,(H,10,12). The van der Waals surface area contributed by atoms with E-state index < -0.39 is 11.4 Å². The van der Waals surface area contributed by atoms with Gasteiger partial charge in [0, 0.05) is 0 Å². The first-order chi connectivity index (χ1) is 5.94. The highest BCUT2D eigenvalue weighted by Crippen LogP contribution is 2.15. The lowest BCUT2D eigenvalue weighted by atomic mass is 9.93. The Hall–Kier alpha value is -1.32. The number of hydrogen-bond donors (Lipinski definition) is 1. The number of methoxy groups -OCH3 is 1. The Bertz CT molecular complexity index is 221. The molecule has 0 aliphatic carbocycles. The van der Waals surface area contributed by atoms with Crippen LogP contribution in [0, 0.1) is 5.41 Å². The quantitative estimate of drug-likeness (QED) is 0.512. The Balaban J connectivity index is 4.02. The summed E-state index contributed by atoms with van der Waals surface area (Å²) in [6.07, 6.45) is 1.53. The van der Waals surface area contributed by atoms with Crippen LogP contribution in [0.2, 0.25) is 0 Å². The van der Waals surface area contributed by atoms with Crippen molar-refractivity contribution in [1.82, 2.24) is 5.32 Å². The second-order valence-electron chi connectivity index (χ2n) is 3.18. The summed E-state index contributed by atoms with van der Waals surface area (Å²) in [6.45, 7) is 6.85. The van der Waals surface area contributed by atoms with Crippen LogP contribution in [0.4, 0.5) is 0 Å². The molecule has 0 saturated carbocycles. The van der Waals surface area contributed by atoms with Crippen molar-refractivity contribution in [3.05, 3.63) is 12.7 Å². The molecule has 4 heteroatoms. The van der Waals surface area contributed by atoms with Crippen LogP contribution < -0.4 is 5.32 Å². The molecule has 4 nitrogen and oxygen atoms in total. The van der Waals surface area contributed by atoms with Crippen molar-refractivity contribution < 1.29 is 14.3 Å².